The number of methoxy groups -OCH3 is 4. The van der Waals surface area contributed by atoms with Crippen molar-refractivity contribution in [3.05, 3.63) is 52.0 Å². The van der Waals surface area contributed by atoms with E-state index in [1.165, 1.54) is 7.11 Å². The highest BCUT2D eigenvalue weighted by Crippen LogP contribution is 2.38. The number of halogens is 1. The molecule has 2 aromatic carbocycles. The van der Waals surface area contributed by atoms with Crippen molar-refractivity contribution in [2.75, 3.05) is 28.4 Å². The summed E-state index contributed by atoms with van der Waals surface area (Å²) in [7, 11) is 6.13. The van der Waals surface area contributed by atoms with E-state index in [2.05, 4.69) is 15.9 Å². The highest BCUT2D eigenvalue weighted by Gasteiger charge is 2.19. The van der Waals surface area contributed by atoms with Gasteiger partial charge in [-0.15, -0.1) is 0 Å². The molecular weight excluding hydrogens is 402 g/mol. The van der Waals surface area contributed by atoms with E-state index in [1.807, 2.05) is 36.4 Å². The van der Waals surface area contributed by atoms with Crippen molar-refractivity contribution in [1.29, 1.82) is 0 Å². The number of hydrogen-bond acceptors (Lipinski definition) is 5. The fourth-order valence-electron chi connectivity index (χ4n) is 2.52. The summed E-state index contributed by atoms with van der Waals surface area (Å²) < 4.78 is 21.5. The van der Waals surface area contributed by atoms with Gasteiger partial charge in [-0.1, -0.05) is 18.2 Å². The van der Waals surface area contributed by atoms with Crippen molar-refractivity contribution >= 4 is 22.0 Å². The molecule has 2 aromatic rings. The lowest BCUT2D eigenvalue weighted by molar-refractivity contribution is 0.118. The van der Waals surface area contributed by atoms with Crippen molar-refractivity contribution < 1.29 is 23.7 Å². The number of hydrogen-bond donors (Lipinski definition) is 0. The maximum absolute atomic E-state index is 12.2. The molecule has 0 aliphatic heterocycles. The number of amides is 1. The maximum Gasteiger partial charge on any atom is 0.410 e. The average molecular weight is 424 g/mol. The molecule has 0 aliphatic carbocycles. The van der Waals surface area contributed by atoms with Crippen molar-refractivity contribution in [2.45, 2.75) is 13.1 Å². The van der Waals surface area contributed by atoms with E-state index in [0.717, 1.165) is 21.3 Å². The third kappa shape index (κ3) is 4.60. The van der Waals surface area contributed by atoms with Gasteiger partial charge in [-0.2, -0.15) is 0 Å². The first-order valence-electron chi connectivity index (χ1n) is 7.89. The van der Waals surface area contributed by atoms with Crippen LogP contribution in [0.5, 0.6) is 17.2 Å². The lowest BCUT2D eigenvalue weighted by Crippen LogP contribution is -2.30. The smallest absolute Gasteiger partial charge is 0.410 e. The topological polar surface area (TPSA) is 57.2 Å². The quantitative estimate of drug-likeness (QED) is 0.666. The van der Waals surface area contributed by atoms with E-state index in [1.54, 1.807) is 26.2 Å². The minimum absolute atomic E-state index is 0.347. The third-order valence-electron chi connectivity index (χ3n) is 3.89. The highest BCUT2D eigenvalue weighted by atomic mass is 79.9. The monoisotopic (exact) mass is 423 g/mol. The predicted octanol–water partition coefficient (Wildman–Crippen LogP) is 4.24. The minimum atomic E-state index is -0.414. The van der Waals surface area contributed by atoms with E-state index in [0.29, 0.717) is 24.6 Å². The first-order chi connectivity index (χ1) is 12.5. The Bertz CT molecular complexity index is 748. The van der Waals surface area contributed by atoms with Crippen molar-refractivity contribution in [3.8, 4) is 17.2 Å². The molecule has 26 heavy (non-hydrogen) atoms. The molecule has 140 valence electrons. The van der Waals surface area contributed by atoms with Gasteiger partial charge in [0.2, 0.25) is 0 Å². The summed E-state index contributed by atoms with van der Waals surface area (Å²) >= 11 is 3.54. The van der Waals surface area contributed by atoms with Gasteiger partial charge in [-0.25, -0.2) is 4.79 Å². The van der Waals surface area contributed by atoms with E-state index >= 15 is 0 Å². The number of carbonyl (C=O) groups is 1. The molecule has 7 heteroatoms. The van der Waals surface area contributed by atoms with Crippen LogP contribution in [0.15, 0.2) is 40.9 Å². The van der Waals surface area contributed by atoms with Crippen molar-refractivity contribution in [3.63, 3.8) is 0 Å². The van der Waals surface area contributed by atoms with Crippen LogP contribution in [0.4, 0.5) is 4.79 Å². The molecule has 6 nitrogen and oxygen atoms in total. The second kappa shape index (κ2) is 9.33. The van der Waals surface area contributed by atoms with E-state index < -0.39 is 6.09 Å². The molecule has 0 saturated heterocycles. The molecule has 0 heterocycles. The predicted molar refractivity (Wildman–Crippen MR) is 102 cm³/mol. The van der Waals surface area contributed by atoms with E-state index in [-0.39, 0.29) is 0 Å². The number of benzene rings is 2. The van der Waals surface area contributed by atoms with Crippen LogP contribution in [0.3, 0.4) is 0 Å². The van der Waals surface area contributed by atoms with Gasteiger partial charge in [-0.3, -0.25) is 4.90 Å². The molecule has 0 bridgehead atoms. The van der Waals surface area contributed by atoms with Crippen molar-refractivity contribution in [1.82, 2.24) is 4.90 Å². The second-order valence-electron chi connectivity index (χ2n) is 5.45. The number of ether oxygens (including phenoxy) is 4. The molecule has 0 N–H and O–H groups in total. The molecule has 1 amide bonds. The lowest BCUT2D eigenvalue weighted by Gasteiger charge is -2.23. The Balaban J connectivity index is 2.26. The van der Waals surface area contributed by atoms with Gasteiger partial charge >= 0.3 is 6.09 Å². The van der Waals surface area contributed by atoms with Gasteiger partial charge in [0.25, 0.3) is 0 Å². The molecule has 0 unspecified atom stereocenters. The molecule has 0 saturated carbocycles. The Morgan fingerprint density at radius 1 is 0.923 bits per heavy atom. The van der Waals surface area contributed by atoms with Crippen LogP contribution in [-0.4, -0.2) is 39.4 Å². The molecule has 0 fully saturated rings. The molecule has 0 atom stereocenters. The van der Waals surface area contributed by atoms with Gasteiger partial charge in [0, 0.05) is 6.54 Å². The summed E-state index contributed by atoms with van der Waals surface area (Å²) in [6.07, 6.45) is -0.414. The summed E-state index contributed by atoms with van der Waals surface area (Å²) in [6, 6.07) is 11.2. The van der Waals surface area contributed by atoms with Crippen LogP contribution in [0.25, 0.3) is 0 Å². The zero-order valence-corrected chi connectivity index (χ0v) is 16.8. The van der Waals surface area contributed by atoms with Crippen LogP contribution >= 0.6 is 15.9 Å². The maximum atomic E-state index is 12.2. The molecule has 2 rings (SSSR count). The number of nitrogens with zero attached hydrogens (tertiary/aromatic N) is 1. The van der Waals surface area contributed by atoms with Gasteiger partial charge in [0.15, 0.2) is 11.5 Å². The van der Waals surface area contributed by atoms with Crippen molar-refractivity contribution in [2.24, 2.45) is 0 Å². The Hall–Kier alpha value is -2.41. The van der Waals surface area contributed by atoms with E-state index in [4.69, 9.17) is 18.9 Å². The molecule has 0 radical (unpaired) electrons. The van der Waals surface area contributed by atoms with Gasteiger partial charge in [0.05, 0.1) is 39.5 Å². The Kier molecular flexibility index (Phi) is 7.15. The van der Waals surface area contributed by atoms with Crippen LogP contribution < -0.4 is 14.2 Å². The molecule has 0 aliphatic rings. The zero-order chi connectivity index (χ0) is 19.1. The van der Waals surface area contributed by atoms with E-state index in [9.17, 15) is 4.79 Å². The fourth-order valence-corrected chi connectivity index (χ4v) is 3.14. The summed E-state index contributed by atoms with van der Waals surface area (Å²) in [5.74, 6) is 1.96. The van der Waals surface area contributed by atoms with Crippen LogP contribution in [0.2, 0.25) is 0 Å². The Morgan fingerprint density at radius 2 is 1.62 bits per heavy atom. The summed E-state index contributed by atoms with van der Waals surface area (Å²) in [5, 5.41) is 0. The van der Waals surface area contributed by atoms with Gasteiger partial charge in [-0.05, 0) is 45.3 Å². The molecule has 0 spiro atoms. The standard InChI is InChI=1S/C19H22BrNO5/c1-23-15-8-5-13(6-9-15)11-21(19(22)26-4)12-14-7-10-16(24-2)18(25-3)17(14)20/h5-10H,11-12H2,1-4H3. The summed E-state index contributed by atoms with van der Waals surface area (Å²) in [6.45, 7) is 0.747. The first-order valence-corrected chi connectivity index (χ1v) is 8.68. The minimum Gasteiger partial charge on any atom is -0.497 e. The van der Waals surface area contributed by atoms with Crippen LogP contribution in [0, 0.1) is 0 Å². The molecule has 0 aromatic heterocycles. The normalized spacial score (nSPS) is 10.2. The zero-order valence-electron chi connectivity index (χ0n) is 15.2. The third-order valence-corrected chi connectivity index (χ3v) is 4.76. The highest BCUT2D eigenvalue weighted by molar-refractivity contribution is 9.10. The SMILES string of the molecule is COC(=O)N(Cc1ccc(OC)cc1)Cc1ccc(OC)c(OC)c1Br. The van der Waals surface area contributed by atoms with Crippen LogP contribution in [0.1, 0.15) is 11.1 Å². The van der Waals surface area contributed by atoms with Gasteiger partial charge < -0.3 is 18.9 Å². The Labute approximate surface area is 161 Å². The number of rotatable bonds is 7. The van der Waals surface area contributed by atoms with Gasteiger partial charge in [0.1, 0.15) is 5.75 Å². The summed E-state index contributed by atoms with van der Waals surface area (Å²) in [4.78, 5) is 13.8. The Morgan fingerprint density at radius 3 is 2.15 bits per heavy atom. The summed E-state index contributed by atoms with van der Waals surface area (Å²) in [5.41, 5.74) is 1.84. The largest absolute Gasteiger partial charge is 0.497 e. The lowest BCUT2D eigenvalue weighted by atomic mass is 10.1. The number of carbonyl (C=O) groups excluding carboxylic acids is 1. The second-order valence-corrected chi connectivity index (χ2v) is 6.24. The first kappa shape index (κ1) is 19.9. The average Bonchev–Trinajstić information content (AvgIpc) is 2.68. The fraction of sp³-hybridized carbons (Fsp3) is 0.316. The van der Waals surface area contributed by atoms with Crippen LogP contribution in [-0.2, 0) is 17.8 Å². The molecular formula is C19H22BrNO5.